The molecule has 2 rings (SSSR count). The third kappa shape index (κ3) is 2.81. The lowest BCUT2D eigenvalue weighted by atomic mass is 10.1. The van der Waals surface area contributed by atoms with E-state index in [0.717, 1.165) is 11.3 Å². The van der Waals surface area contributed by atoms with E-state index in [1.165, 1.54) is 5.56 Å². The van der Waals surface area contributed by atoms with Gasteiger partial charge in [0.05, 0.1) is 19.3 Å². The van der Waals surface area contributed by atoms with E-state index in [1.54, 1.807) is 19.2 Å². The molecule has 0 aliphatic carbocycles. The number of nitrogens with zero attached hydrogens (tertiary/aromatic N) is 1. The van der Waals surface area contributed by atoms with Crippen LogP contribution in [-0.4, -0.2) is 12.2 Å². The third-order valence-corrected chi connectivity index (χ3v) is 2.84. The van der Waals surface area contributed by atoms with Gasteiger partial charge in [-0.15, -0.1) is 0 Å². The number of phenolic OH excluding ortho intramolecular Hbond substituents is 1. The van der Waals surface area contributed by atoms with Gasteiger partial charge in [0.2, 0.25) is 0 Å². The molecule has 0 saturated carbocycles. The van der Waals surface area contributed by atoms with Gasteiger partial charge in [-0.1, -0.05) is 30.3 Å². The number of hydrogen-bond acceptors (Lipinski definition) is 3. The summed E-state index contributed by atoms with van der Waals surface area (Å²) in [6.45, 7) is 2.62. The first-order chi connectivity index (χ1) is 8.70. The minimum Gasteiger partial charge on any atom is -0.508 e. The molecule has 0 atom stereocenters. The first-order valence-corrected chi connectivity index (χ1v) is 5.86. The van der Waals surface area contributed by atoms with E-state index in [1.807, 2.05) is 36.3 Å². The maximum absolute atomic E-state index is 9.42. The summed E-state index contributed by atoms with van der Waals surface area (Å²) in [6.07, 6.45) is 0. The predicted molar refractivity (Wildman–Crippen MR) is 72.5 cm³/mol. The van der Waals surface area contributed by atoms with Crippen molar-refractivity contribution in [3.63, 3.8) is 0 Å². The molecule has 2 aromatic carbocycles. The Morgan fingerprint density at radius 2 is 1.83 bits per heavy atom. The van der Waals surface area contributed by atoms with E-state index in [2.05, 4.69) is 12.1 Å². The number of aryl methyl sites for hydroxylation is 1. The van der Waals surface area contributed by atoms with Gasteiger partial charge < -0.3 is 5.11 Å². The van der Waals surface area contributed by atoms with Crippen LogP contribution < -0.4 is 5.06 Å². The lowest BCUT2D eigenvalue weighted by Crippen LogP contribution is -2.21. The molecule has 2 aromatic rings. The lowest BCUT2D eigenvalue weighted by molar-refractivity contribution is 0.162. The number of benzene rings is 2. The van der Waals surface area contributed by atoms with Gasteiger partial charge in [0.1, 0.15) is 5.75 Å². The number of hydroxylamine groups is 1. The summed E-state index contributed by atoms with van der Waals surface area (Å²) in [4.78, 5) is 5.41. The summed E-state index contributed by atoms with van der Waals surface area (Å²) in [7, 11) is 1.65. The molecule has 0 saturated heterocycles. The number of hydrogen-bond donors (Lipinski definition) is 1. The zero-order valence-electron chi connectivity index (χ0n) is 10.6. The SMILES string of the molecule is CON(Cc1ccccc1)c1ccc(O)cc1C. The normalized spacial score (nSPS) is 10.3. The van der Waals surface area contributed by atoms with Gasteiger partial charge in [-0.05, 0) is 36.2 Å². The van der Waals surface area contributed by atoms with E-state index in [-0.39, 0.29) is 5.75 Å². The molecule has 18 heavy (non-hydrogen) atoms. The molecule has 94 valence electrons. The Kier molecular flexibility index (Phi) is 3.85. The van der Waals surface area contributed by atoms with Crippen molar-refractivity contribution < 1.29 is 9.94 Å². The molecular formula is C15H17NO2. The molecule has 0 spiro atoms. The van der Waals surface area contributed by atoms with Gasteiger partial charge in [0.15, 0.2) is 0 Å². The predicted octanol–water partition coefficient (Wildman–Crippen LogP) is 3.27. The Morgan fingerprint density at radius 3 is 2.44 bits per heavy atom. The summed E-state index contributed by atoms with van der Waals surface area (Å²) in [5.74, 6) is 0.270. The van der Waals surface area contributed by atoms with Crippen molar-refractivity contribution in [3.05, 3.63) is 59.7 Å². The molecule has 0 unspecified atom stereocenters. The van der Waals surface area contributed by atoms with E-state index in [0.29, 0.717) is 6.54 Å². The third-order valence-electron chi connectivity index (χ3n) is 2.84. The summed E-state index contributed by atoms with van der Waals surface area (Å²) < 4.78 is 0. The number of anilines is 1. The molecule has 1 N–H and O–H groups in total. The smallest absolute Gasteiger partial charge is 0.115 e. The van der Waals surface area contributed by atoms with E-state index < -0.39 is 0 Å². The standard InChI is InChI=1S/C15H17NO2/c1-12-10-14(17)8-9-15(12)16(18-2)11-13-6-4-3-5-7-13/h3-10,17H,11H2,1-2H3. The molecule has 0 bridgehead atoms. The number of phenols is 1. The van der Waals surface area contributed by atoms with Crippen molar-refractivity contribution in [2.24, 2.45) is 0 Å². The first-order valence-electron chi connectivity index (χ1n) is 5.86. The largest absolute Gasteiger partial charge is 0.508 e. The average molecular weight is 243 g/mol. The van der Waals surface area contributed by atoms with Crippen molar-refractivity contribution in [2.75, 3.05) is 12.2 Å². The van der Waals surface area contributed by atoms with E-state index in [9.17, 15) is 5.11 Å². The molecule has 0 heterocycles. The Labute approximate surface area is 107 Å². The van der Waals surface area contributed by atoms with Gasteiger partial charge >= 0.3 is 0 Å². The zero-order chi connectivity index (χ0) is 13.0. The number of rotatable bonds is 4. The Morgan fingerprint density at radius 1 is 1.11 bits per heavy atom. The fourth-order valence-corrected chi connectivity index (χ4v) is 1.92. The van der Waals surface area contributed by atoms with Gasteiger partial charge in [0.25, 0.3) is 0 Å². The van der Waals surface area contributed by atoms with Gasteiger partial charge in [0, 0.05) is 0 Å². The van der Waals surface area contributed by atoms with Crippen LogP contribution in [0.5, 0.6) is 5.75 Å². The highest BCUT2D eigenvalue weighted by Crippen LogP contribution is 2.25. The van der Waals surface area contributed by atoms with Crippen LogP contribution in [0.2, 0.25) is 0 Å². The summed E-state index contributed by atoms with van der Waals surface area (Å²) >= 11 is 0. The molecule has 0 aliphatic heterocycles. The second-order valence-corrected chi connectivity index (χ2v) is 4.18. The van der Waals surface area contributed by atoms with Crippen LogP contribution in [0.15, 0.2) is 48.5 Å². The van der Waals surface area contributed by atoms with E-state index in [4.69, 9.17) is 4.84 Å². The van der Waals surface area contributed by atoms with Crippen molar-refractivity contribution >= 4 is 5.69 Å². The van der Waals surface area contributed by atoms with Crippen molar-refractivity contribution in [1.82, 2.24) is 0 Å². The molecule has 0 radical (unpaired) electrons. The van der Waals surface area contributed by atoms with Crippen LogP contribution in [0.25, 0.3) is 0 Å². The van der Waals surface area contributed by atoms with Gasteiger partial charge in [-0.2, -0.15) is 0 Å². The highest BCUT2D eigenvalue weighted by Gasteiger charge is 2.09. The van der Waals surface area contributed by atoms with Gasteiger partial charge in [-0.3, -0.25) is 4.84 Å². The summed E-state index contributed by atoms with van der Waals surface area (Å²) in [5, 5.41) is 11.2. The highest BCUT2D eigenvalue weighted by molar-refractivity contribution is 5.54. The average Bonchev–Trinajstić information content (AvgIpc) is 2.38. The first kappa shape index (κ1) is 12.5. The fourth-order valence-electron chi connectivity index (χ4n) is 1.92. The maximum Gasteiger partial charge on any atom is 0.115 e. The molecular weight excluding hydrogens is 226 g/mol. The van der Waals surface area contributed by atoms with Crippen LogP contribution in [0.3, 0.4) is 0 Å². The molecule has 3 heteroatoms. The van der Waals surface area contributed by atoms with Crippen LogP contribution >= 0.6 is 0 Å². The monoisotopic (exact) mass is 243 g/mol. The van der Waals surface area contributed by atoms with Crippen LogP contribution in [0.1, 0.15) is 11.1 Å². The minimum absolute atomic E-state index is 0.270. The Balaban J connectivity index is 2.23. The maximum atomic E-state index is 9.42. The molecule has 0 fully saturated rings. The fraction of sp³-hybridized carbons (Fsp3) is 0.200. The number of aromatic hydroxyl groups is 1. The second-order valence-electron chi connectivity index (χ2n) is 4.18. The Hall–Kier alpha value is -2.00. The van der Waals surface area contributed by atoms with Crippen LogP contribution in [0, 0.1) is 6.92 Å². The minimum atomic E-state index is 0.270. The second kappa shape index (κ2) is 5.56. The molecule has 3 nitrogen and oxygen atoms in total. The van der Waals surface area contributed by atoms with Crippen LogP contribution in [0.4, 0.5) is 5.69 Å². The zero-order valence-corrected chi connectivity index (χ0v) is 10.6. The van der Waals surface area contributed by atoms with E-state index >= 15 is 0 Å². The molecule has 0 aromatic heterocycles. The lowest BCUT2D eigenvalue weighted by Gasteiger charge is -2.23. The molecule has 0 aliphatic rings. The van der Waals surface area contributed by atoms with Crippen molar-refractivity contribution in [3.8, 4) is 5.75 Å². The van der Waals surface area contributed by atoms with Crippen molar-refractivity contribution in [1.29, 1.82) is 0 Å². The van der Waals surface area contributed by atoms with Crippen LogP contribution in [-0.2, 0) is 11.4 Å². The highest BCUT2D eigenvalue weighted by atomic mass is 16.7. The summed E-state index contributed by atoms with van der Waals surface area (Å²) in [5.41, 5.74) is 3.11. The van der Waals surface area contributed by atoms with Gasteiger partial charge in [-0.25, -0.2) is 5.06 Å². The Bertz CT molecular complexity index is 511. The summed E-state index contributed by atoms with van der Waals surface area (Å²) in [6, 6.07) is 15.4. The quantitative estimate of drug-likeness (QED) is 0.836. The van der Waals surface area contributed by atoms with Crippen molar-refractivity contribution in [2.45, 2.75) is 13.5 Å². The molecule has 0 amide bonds. The topological polar surface area (TPSA) is 32.7 Å².